The fourth-order valence-corrected chi connectivity index (χ4v) is 3.55. The van der Waals surface area contributed by atoms with Gasteiger partial charge in [0, 0.05) is 42.8 Å². The summed E-state index contributed by atoms with van der Waals surface area (Å²) in [7, 11) is 0. The third kappa shape index (κ3) is 3.37. The summed E-state index contributed by atoms with van der Waals surface area (Å²) in [6.07, 6.45) is 5.74. The molecule has 1 amide bonds. The highest BCUT2D eigenvalue weighted by molar-refractivity contribution is 8.04. The first kappa shape index (κ1) is 15.9. The van der Waals surface area contributed by atoms with Gasteiger partial charge < -0.3 is 15.2 Å². The van der Waals surface area contributed by atoms with Gasteiger partial charge in [0.05, 0.1) is 10.6 Å². The number of amides is 1. The van der Waals surface area contributed by atoms with Crippen molar-refractivity contribution in [3.05, 3.63) is 35.1 Å². The van der Waals surface area contributed by atoms with Gasteiger partial charge in [0.2, 0.25) is 0 Å². The number of anilines is 1. The molecule has 0 aliphatic carbocycles. The number of aryl methyl sites for hydroxylation is 1. The molecule has 0 bridgehead atoms. The smallest absolute Gasteiger partial charge is 0.259 e. The summed E-state index contributed by atoms with van der Waals surface area (Å²) in [5.41, 5.74) is 3.15. The molecule has 0 aromatic carbocycles. The van der Waals surface area contributed by atoms with E-state index in [4.69, 9.17) is 0 Å². The minimum absolute atomic E-state index is 0.0180. The van der Waals surface area contributed by atoms with E-state index in [-0.39, 0.29) is 5.91 Å². The molecular formula is C17H22N4OS. The van der Waals surface area contributed by atoms with Crippen LogP contribution in [-0.4, -0.2) is 34.7 Å². The maximum absolute atomic E-state index is 12.3. The number of carbonyl (C=O) groups is 1. The molecular weight excluding hydrogens is 308 g/mol. The lowest BCUT2D eigenvalue weighted by Gasteiger charge is -2.27. The van der Waals surface area contributed by atoms with Gasteiger partial charge in [-0.1, -0.05) is 13.8 Å². The van der Waals surface area contributed by atoms with Crippen LogP contribution in [0.4, 0.5) is 5.69 Å². The predicted molar refractivity (Wildman–Crippen MR) is 96.6 cm³/mol. The Balaban J connectivity index is 1.88. The van der Waals surface area contributed by atoms with Crippen molar-refractivity contribution in [3.63, 3.8) is 0 Å². The molecule has 0 unspecified atom stereocenters. The summed E-state index contributed by atoms with van der Waals surface area (Å²) in [5.74, 6) is 1.37. The second-order valence-corrected chi connectivity index (χ2v) is 7.30. The van der Waals surface area contributed by atoms with E-state index in [1.54, 1.807) is 11.8 Å². The molecule has 0 saturated heterocycles. The largest absolute Gasteiger partial charge is 0.351 e. The van der Waals surface area contributed by atoms with Crippen molar-refractivity contribution in [2.24, 2.45) is 5.92 Å². The number of nitrogens with zero attached hydrogens (tertiary/aromatic N) is 2. The highest BCUT2D eigenvalue weighted by atomic mass is 32.2. The molecule has 1 aliphatic rings. The van der Waals surface area contributed by atoms with Crippen LogP contribution in [0.15, 0.2) is 29.6 Å². The van der Waals surface area contributed by atoms with Crippen LogP contribution in [0.25, 0.3) is 11.0 Å². The predicted octanol–water partition coefficient (Wildman–Crippen LogP) is 3.04. The van der Waals surface area contributed by atoms with Crippen molar-refractivity contribution in [2.45, 2.75) is 20.8 Å². The van der Waals surface area contributed by atoms with Crippen molar-refractivity contribution in [2.75, 3.05) is 23.7 Å². The zero-order valence-electron chi connectivity index (χ0n) is 13.7. The van der Waals surface area contributed by atoms with Gasteiger partial charge in [-0.05, 0) is 24.5 Å². The first-order valence-corrected chi connectivity index (χ1v) is 8.87. The zero-order chi connectivity index (χ0) is 16.4. The Kier molecular flexibility index (Phi) is 4.61. The molecule has 3 rings (SSSR count). The number of pyridine rings is 1. The molecule has 1 aliphatic heterocycles. The Morgan fingerprint density at radius 3 is 3.13 bits per heavy atom. The van der Waals surface area contributed by atoms with Crippen LogP contribution in [0.5, 0.6) is 0 Å². The number of carbonyl (C=O) groups excluding carboxylic acids is 1. The number of fused-ring (bicyclic) bond motifs is 1. The van der Waals surface area contributed by atoms with Gasteiger partial charge in [-0.3, -0.25) is 4.79 Å². The van der Waals surface area contributed by atoms with Gasteiger partial charge in [-0.15, -0.1) is 11.8 Å². The molecule has 0 atom stereocenters. The summed E-state index contributed by atoms with van der Waals surface area (Å²) in [5, 5.41) is 4.12. The normalized spacial score (nSPS) is 15.1. The quantitative estimate of drug-likeness (QED) is 0.904. The number of hydrogen-bond acceptors (Lipinski definition) is 4. The molecule has 122 valence electrons. The van der Waals surface area contributed by atoms with Crippen LogP contribution in [0.3, 0.4) is 0 Å². The average Bonchev–Trinajstić information content (AvgIpc) is 2.94. The number of hydrogen-bond donors (Lipinski definition) is 2. The van der Waals surface area contributed by atoms with E-state index in [2.05, 4.69) is 41.0 Å². The number of rotatable bonds is 4. The summed E-state index contributed by atoms with van der Waals surface area (Å²) in [6, 6.07) is 2.01. The maximum Gasteiger partial charge on any atom is 0.259 e. The van der Waals surface area contributed by atoms with Crippen LogP contribution >= 0.6 is 11.8 Å². The molecule has 3 heterocycles. The van der Waals surface area contributed by atoms with Crippen LogP contribution < -0.4 is 10.2 Å². The van der Waals surface area contributed by atoms with E-state index < -0.39 is 0 Å². The molecule has 0 saturated carbocycles. The fraction of sp³-hybridized carbons (Fsp3) is 0.412. The lowest BCUT2D eigenvalue weighted by atomic mass is 10.2. The molecule has 2 aromatic heterocycles. The second kappa shape index (κ2) is 6.66. The zero-order valence-corrected chi connectivity index (χ0v) is 14.5. The van der Waals surface area contributed by atoms with Gasteiger partial charge in [0.15, 0.2) is 0 Å². The van der Waals surface area contributed by atoms with E-state index in [1.807, 2.05) is 24.7 Å². The lowest BCUT2D eigenvalue weighted by molar-refractivity contribution is -0.116. The molecule has 5 nitrogen and oxygen atoms in total. The average molecular weight is 330 g/mol. The minimum atomic E-state index is 0.0180. The minimum Gasteiger partial charge on any atom is -0.351 e. The molecule has 2 aromatic rings. The molecule has 2 N–H and O–H groups in total. The van der Waals surface area contributed by atoms with E-state index in [0.29, 0.717) is 12.5 Å². The lowest BCUT2D eigenvalue weighted by Crippen LogP contribution is -2.32. The summed E-state index contributed by atoms with van der Waals surface area (Å²) < 4.78 is 0. The Morgan fingerprint density at radius 2 is 2.35 bits per heavy atom. The van der Waals surface area contributed by atoms with E-state index >= 15 is 0 Å². The first-order valence-electron chi connectivity index (χ1n) is 7.88. The third-order valence-electron chi connectivity index (χ3n) is 3.82. The molecule has 6 heteroatoms. The monoisotopic (exact) mass is 330 g/mol. The van der Waals surface area contributed by atoms with Gasteiger partial charge in [-0.25, -0.2) is 4.98 Å². The molecule has 0 radical (unpaired) electrons. The van der Waals surface area contributed by atoms with Crippen molar-refractivity contribution >= 4 is 34.4 Å². The number of H-pyrrole nitrogens is 1. The Labute approximate surface area is 140 Å². The Bertz CT molecular complexity index is 750. The standard InChI is InChI=1S/C17H22N4OS/c1-11(2)8-20-17(22)14-10-21(6-7-23-14)13-4-5-18-16-15(13)12(3)9-19-16/h4-5,9-11H,6-8H2,1-3H3,(H,18,19)(H,20,22). The summed E-state index contributed by atoms with van der Waals surface area (Å²) in [6.45, 7) is 7.85. The van der Waals surface area contributed by atoms with Crippen molar-refractivity contribution in [1.82, 2.24) is 15.3 Å². The maximum atomic E-state index is 12.3. The molecule has 0 spiro atoms. The highest BCUT2D eigenvalue weighted by Crippen LogP contribution is 2.32. The van der Waals surface area contributed by atoms with Gasteiger partial charge in [0.1, 0.15) is 5.65 Å². The topological polar surface area (TPSA) is 61.0 Å². The van der Waals surface area contributed by atoms with Crippen molar-refractivity contribution in [3.8, 4) is 0 Å². The highest BCUT2D eigenvalue weighted by Gasteiger charge is 2.20. The first-order chi connectivity index (χ1) is 11.1. The fourth-order valence-electron chi connectivity index (χ4n) is 2.63. The summed E-state index contributed by atoms with van der Waals surface area (Å²) >= 11 is 1.62. The number of thioether (sulfide) groups is 1. The number of nitrogens with one attached hydrogen (secondary N) is 2. The third-order valence-corrected chi connectivity index (χ3v) is 4.80. The summed E-state index contributed by atoms with van der Waals surface area (Å²) in [4.78, 5) is 22.8. The molecule has 0 fully saturated rings. The van der Waals surface area contributed by atoms with Gasteiger partial charge in [-0.2, -0.15) is 0 Å². The number of aromatic nitrogens is 2. The van der Waals surface area contributed by atoms with Gasteiger partial charge in [0.25, 0.3) is 5.91 Å². The van der Waals surface area contributed by atoms with E-state index in [9.17, 15) is 4.79 Å². The molecule has 23 heavy (non-hydrogen) atoms. The van der Waals surface area contributed by atoms with Crippen LogP contribution in [-0.2, 0) is 4.79 Å². The van der Waals surface area contributed by atoms with Crippen LogP contribution in [0, 0.1) is 12.8 Å². The van der Waals surface area contributed by atoms with Gasteiger partial charge >= 0.3 is 0 Å². The van der Waals surface area contributed by atoms with E-state index in [1.165, 1.54) is 5.56 Å². The van der Waals surface area contributed by atoms with Crippen molar-refractivity contribution < 1.29 is 4.79 Å². The van der Waals surface area contributed by atoms with Crippen LogP contribution in [0.1, 0.15) is 19.4 Å². The SMILES string of the molecule is Cc1c[nH]c2nccc(N3C=C(C(=O)NCC(C)C)SCC3)c12. The van der Waals surface area contributed by atoms with E-state index in [0.717, 1.165) is 33.9 Å². The van der Waals surface area contributed by atoms with Crippen LogP contribution in [0.2, 0.25) is 0 Å². The Morgan fingerprint density at radius 1 is 1.52 bits per heavy atom. The number of aromatic amines is 1. The van der Waals surface area contributed by atoms with Crippen molar-refractivity contribution in [1.29, 1.82) is 0 Å². The Hall–Kier alpha value is -1.95. The second-order valence-electron chi connectivity index (χ2n) is 6.16.